The fourth-order valence-electron chi connectivity index (χ4n) is 2.55. The molecule has 0 aliphatic rings. The van der Waals surface area contributed by atoms with Crippen molar-refractivity contribution in [3.05, 3.63) is 47.5 Å². The van der Waals surface area contributed by atoms with Gasteiger partial charge in [-0.25, -0.2) is 4.79 Å². The van der Waals surface area contributed by atoms with E-state index in [2.05, 4.69) is 10.6 Å². The summed E-state index contributed by atoms with van der Waals surface area (Å²) in [6.45, 7) is 5.09. The lowest BCUT2D eigenvalue weighted by Gasteiger charge is -2.13. The summed E-state index contributed by atoms with van der Waals surface area (Å²) in [7, 11) is 3.12. The van der Waals surface area contributed by atoms with Crippen LogP contribution in [0.15, 0.2) is 36.4 Å². The van der Waals surface area contributed by atoms with Gasteiger partial charge in [-0.1, -0.05) is 18.2 Å². The van der Waals surface area contributed by atoms with Crippen molar-refractivity contribution in [1.82, 2.24) is 5.32 Å². The zero-order valence-corrected chi connectivity index (χ0v) is 15.7. The van der Waals surface area contributed by atoms with Crippen LogP contribution in [0.4, 0.5) is 10.5 Å². The van der Waals surface area contributed by atoms with Crippen LogP contribution in [0.25, 0.3) is 0 Å². The SMILES string of the molecule is COc1ccc(OC)c(NC(=O)NCCCOc2c(C)cccc2C)c1. The zero-order valence-electron chi connectivity index (χ0n) is 15.7. The van der Waals surface area contributed by atoms with Crippen molar-refractivity contribution in [3.63, 3.8) is 0 Å². The number of urea groups is 1. The molecule has 6 heteroatoms. The van der Waals surface area contributed by atoms with E-state index in [0.717, 1.165) is 16.9 Å². The average Bonchev–Trinajstić information content (AvgIpc) is 2.63. The van der Waals surface area contributed by atoms with Crippen molar-refractivity contribution in [2.24, 2.45) is 0 Å². The molecule has 2 aromatic carbocycles. The predicted octanol–water partition coefficient (Wildman–Crippen LogP) is 3.91. The Labute approximate surface area is 154 Å². The van der Waals surface area contributed by atoms with E-state index in [1.165, 1.54) is 0 Å². The molecule has 0 heterocycles. The Hall–Kier alpha value is -2.89. The van der Waals surface area contributed by atoms with Crippen LogP contribution in [-0.4, -0.2) is 33.4 Å². The third kappa shape index (κ3) is 5.31. The Kier molecular flexibility index (Phi) is 7.14. The molecule has 0 bridgehead atoms. The molecular formula is C20H26N2O4. The number of hydrogen-bond acceptors (Lipinski definition) is 4. The van der Waals surface area contributed by atoms with Gasteiger partial charge in [0, 0.05) is 12.6 Å². The molecule has 0 fully saturated rings. The van der Waals surface area contributed by atoms with E-state index >= 15 is 0 Å². The molecular weight excluding hydrogens is 332 g/mol. The molecule has 2 amide bonds. The number of benzene rings is 2. The van der Waals surface area contributed by atoms with E-state index < -0.39 is 0 Å². The number of amides is 2. The van der Waals surface area contributed by atoms with Gasteiger partial charge >= 0.3 is 6.03 Å². The maximum Gasteiger partial charge on any atom is 0.319 e. The van der Waals surface area contributed by atoms with Gasteiger partial charge in [0.25, 0.3) is 0 Å². The van der Waals surface area contributed by atoms with Gasteiger partial charge in [0.15, 0.2) is 0 Å². The number of methoxy groups -OCH3 is 2. The number of aryl methyl sites for hydroxylation is 2. The molecule has 2 rings (SSSR count). The number of para-hydroxylation sites is 1. The van der Waals surface area contributed by atoms with Crippen molar-refractivity contribution in [2.75, 3.05) is 32.7 Å². The van der Waals surface area contributed by atoms with Crippen LogP contribution in [0.5, 0.6) is 17.2 Å². The van der Waals surface area contributed by atoms with E-state index in [0.29, 0.717) is 36.8 Å². The second kappa shape index (κ2) is 9.56. The highest BCUT2D eigenvalue weighted by atomic mass is 16.5. The lowest BCUT2D eigenvalue weighted by Crippen LogP contribution is -2.30. The Balaban J connectivity index is 1.77. The molecule has 0 spiro atoms. The first-order valence-electron chi connectivity index (χ1n) is 8.51. The average molecular weight is 358 g/mol. The van der Waals surface area contributed by atoms with E-state index in [9.17, 15) is 4.79 Å². The molecule has 0 aliphatic carbocycles. The van der Waals surface area contributed by atoms with Gasteiger partial charge in [-0.05, 0) is 43.5 Å². The summed E-state index contributed by atoms with van der Waals surface area (Å²) in [5.41, 5.74) is 2.78. The third-order valence-electron chi connectivity index (χ3n) is 3.92. The molecule has 140 valence electrons. The van der Waals surface area contributed by atoms with Gasteiger partial charge in [0.05, 0.1) is 26.5 Å². The molecule has 2 aromatic rings. The van der Waals surface area contributed by atoms with E-state index in [1.54, 1.807) is 32.4 Å². The molecule has 2 N–H and O–H groups in total. The minimum absolute atomic E-state index is 0.302. The van der Waals surface area contributed by atoms with Crippen LogP contribution >= 0.6 is 0 Å². The highest BCUT2D eigenvalue weighted by molar-refractivity contribution is 5.91. The molecule has 0 aromatic heterocycles. The molecule has 0 atom stereocenters. The van der Waals surface area contributed by atoms with E-state index in [1.807, 2.05) is 32.0 Å². The van der Waals surface area contributed by atoms with Gasteiger partial charge in [0.2, 0.25) is 0 Å². The minimum Gasteiger partial charge on any atom is -0.497 e. The number of nitrogens with one attached hydrogen (secondary N) is 2. The maximum atomic E-state index is 12.1. The van der Waals surface area contributed by atoms with Crippen LogP contribution in [0.1, 0.15) is 17.5 Å². The Bertz CT molecular complexity index is 726. The van der Waals surface area contributed by atoms with Crippen molar-refractivity contribution in [2.45, 2.75) is 20.3 Å². The fourth-order valence-corrected chi connectivity index (χ4v) is 2.55. The first-order valence-corrected chi connectivity index (χ1v) is 8.51. The molecule has 0 aliphatic heterocycles. The fraction of sp³-hybridized carbons (Fsp3) is 0.350. The predicted molar refractivity (Wildman–Crippen MR) is 103 cm³/mol. The van der Waals surface area contributed by atoms with Crippen molar-refractivity contribution >= 4 is 11.7 Å². The molecule has 0 saturated carbocycles. The second-order valence-corrected chi connectivity index (χ2v) is 5.87. The van der Waals surface area contributed by atoms with Crippen LogP contribution in [0, 0.1) is 13.8 Å². The van der Waals surface area contributed by atoms with Gasteiger partial charge < -0.3 is 24.8 Å². The molecule has 0 radical (unpaired) electrons. The number of carbonyl (C=O) groups excluding carboxylic acids is 1. The van der Waals surface area contributed by atoms with Gasteiger partial charge in [-0.15, -0.1) is 0 Å². The number of carbonyl (C=O) groups is 1. The smallest absolute Gasteiger partial charge is 0.319 e. The van der Waals surface area contributed by atoms with E-state index in [4.69, 9.17) is 14.2 Å². The van der Waals surface area contributed by atoms with Crippen LogP contribution in [0.2, 0.25) is 0 Å². The lowest BCUT2D eigenvalue weighted by atomic mass is 10.1. The quantitative estimate of drug-likeness (QED) is 0.702. The largest absolute Gasteiger partial charge is 0.497 e. The molecule has 6 nitrogen and oxygen atoms in total. The molecule has 0 unspecified atom stereocenters. The topological polar surface area (TPSA) is 68.8 Å². The summed E-state index contributed by atoms with van der Waals surface area (Å²) < 4.78 is 16.2. The molecule has 26 heavy (non-hydrogen) atoms. The van der Waals surface area contributed by atoms with Crippen molar-refractivity contribution in [1.29, 1.82) is 0 Å². The number of ether oxygens (including phenoxy) is 3. The highest BCUT2D eigenvalue weighted by Gasteiger charge is 2.09. The summed E-state index contributed by atoms with van der Waals surface area (Å²) >= 11 is 0. The third-order valence-corrected chi connectivity index (χ3v) is 3.92. The zero-order chi connectivity index (χ0) is 18.9. The van der Waals surface area contributed by atoms with Crippen molar-refractivity contribution in [3.8, 4) is 17.2 Å². The van der Waals surface area contributed by atoms with Crippen LogP contribution in [-0.2, 0) is 0 Å². The monoisotopic (exact) mass is 358 g/mol. The summed E-state index contributed by atoms with van der Waals surface area (Å²) in [6, 6.07) is 11.0. The summed E-state index contributed by atoms with van der Waals surface area (Å²) in [4.78, 5) is 12.1. The van der Waals surface area contributed by atoms with Gasteiger partial charge in [-0.2, -0.15) is 0 Å². The first kappa shape index (κ1) is 19.4. The molecule has 0 saturated heterocycles. The lowest BCUT2D eigenvalue weighted by molar-refractivity contribution is 0.250. The summed E-state index contributed by atoms with van der Waals surface area (Å²) in [5, 5.41) is 5.58. The number of hydrogen-bond donors (Lipinski definition) is 2. The maximum absolute atomic E-state index is 12.1. The van der Waals surface area contributed by atoms with Gasteiger partial charge in [0.1, 0.15) is 17.2 Å². The second-order valence-electron chi connectivity index (χ2n) is 5.87. The Morgan fingerprint density at radius 1 is 1.04 bits per heavy atom. The number of anilines is 1. The normalized spacial score (nSPS) is 10.2. The highest BCUT2D eigenvalue weighted by Crippen LogP contribution is 2.28. The first-order chi connectivity index (χ1) is 12.5. The summed E-state index contributed by atoms with van der Waals surface area (Å²) in [5.74, 6) is 2.13. The Morgan fingerprint density at radius 2 is 1.77 bits per heavy atom. The summed E-state index contributed by atoms with van der Waals surface area (Å²) in [6.07, 6.45) is 0.705. The van der Waals surface area contributed by atoms with E-state index in [-0.39, 0.29) is 6.03 Å². The Morgan fingerprint density at radius 3 is 2.42 bits per heavy atom. The number of rotatable bonds is 8. The standard InChI is InChI=1S/C20H26N2O4/c1-14-7-5-8-15(2)19(14)26-12-6-11-21-20(23)22-17-13-16(24-3)9-10-18(17)25-4/h5,7-10,13H,6,11-12H2,1-4H3,(H2,21,22,23). The van der Waals surface area contributed by atoms with Crippen LogP contribution < -0.4 is 24.8 Å². The van der Waals surface area contributed by atoms with Gasteiger partial charge in [-0.3, -0.25) is 0 Å². The minimum atomic E-state index is -0.302. The van der Waals surface area contributed by atoms with Crippen molar-refractivity contribution < 1.29 is 19.0 Å². The van der Waals surface area contributed by atoms with Crippen LogP contribution in [0.3, 0.4) is 0 Å².